The number of halogens is 1. The fraction of sp³-hybridized carbons (Fsp3) is 0.273. The number of imidazole rings is 1. The summed E-state index contributed by atoms with van der Waals surface area (Å²) in [7, 11) is 0. The Hall–Kier alpha value is -1.55. The molecule has 0 aliphatic heterocycles. The van der Waals surface area contributed by atoms with Crippen LogP contribution in [0.25, 0.3) is 5.65 Å². The summed E-state index contributed by atoms with van der Waals surface area (Å²) in [6, 6.07) is 3.50. The number of hydrogen-bond acceptors (Lipinski definition) is 2. The van der Waals surface area contributed by atoms with Gasteiger partial charge in [0.15, 0.2) is 0 Å². The molecule has 0 bridgehead atoms. The lowest BCUT2D eigenvalue weighted by Crippen LogP contribution is -2.10. The fourth-order valence-corrected chi connectivity index (χ4v) is 1.83. The van der Waals surface area contributed by atoms with E-state index in [0.29, 0.717) is 22.8 Å². The predicted molar refractivity (Wildman–Crippen MR) is 60.9 cm³/mol. The molecule has 0 saturated heterocycles. The molecule has 16 heavy (non-hydrogen) atoms. The van der Waals surface area contributed by atoms with E-state index < -0.39 is 11.9 Å². The Kier molecular flexibility index (Phi) is 2.83. The standard InChI is InChI=1S/C11H11ClN2O2/c1-2-8(11(15)16)9-6-14-5-7(12)3-4-10(14)13-9/h3-6,8H,2H2,1H3,(H,15,16). The van der Waals surface area contributed by atoms with Crippen LogP contribution < -0.4 is 0 Å². The Balaban J connectivity index is 2.49. The second-order valence-corrected chi connectivity index (χ2v) is 4.01. The van der Waals surface area contributed by atoms with Crippen LogP contribution in [0, 0.1) is 0 Å². The number of hydrogen-bond donors (Lipinski definition) is 1. The molecule has 0 radical (unpaired) electrons. The smallest absolute Gasteiger partial charge is 0.312 e. The summed E-state index contributed by atoms with van der Waals surface area (Å²) in [4.78, 5) is 15.3. The molecule has 0 aromatic carbocycles. The van der Waals surface area contributed by atoms with Gasteiger partial charge in [-0.2, -0.15) is 0 Å². The van der Waals surface area contributed by atoms with Crippen LogP contribution in [0.4, 0.5) is 0 Å². The first kappa shape index (κ1) is 11.0. The molecule has 84 valence electrons. The van der Waals surface area contributed by atoms with E-state index in [1.165, 1.54) is 0 Å². The van der Waals surface area contributed by atoms with Gasteiger partial charge in [0.05, 0.1) is 10.7 Å². The van der Waals surface area contributed by atoms with Crippen LogP contribution in [-0.2, 0) is 4.79 Å². The third-order valence-corrected chi connectivity index (χ3v) is 2.72. The van der Waals surface area contributed by atoms with Crippen LogP contribution >= 0.6 is 11.6 Å². The number of carboxylic acid groups (broad SMARTS) is 1. The fourth-order valence-electron chi connectivity index (χ4n) is 1.66. The van der Waals surface area contributed by atoms with Crippen molar-refractivity contribution in [2.24, 2.45) is 0 Å². The Morgan fingerprint density at radius 1 is 1.56 bits per heavy atom. The van der Waals surface area contributed by atoms with Gasteiger partial charge >= 0.3 is 5.97 Å². The van der Waals surface area contributed by atoms with Crippen LogP contribution in [0.2, 0.25) is 5.02 Å². The van der Waals surface area contributed by atoms with Crippen LogP contribution in [0.5, 0.6) is 0 Å². The zero-order valence-electron chi connectivity index (χ0n) is 8.72. The van der Waals surface area contributed by atoms with Crippen molar-refractivity contribution >= 4 is 23.2 Å². The number of carboxylic acids is 1. The molecule has 2 aromatic rings. The summed E-state index contributed by atoms with van der Waals surface area (Å²) in [6.45, 7) is 1.83. The molecule has 4 nitrogen and oxygen atoms in total. The monoisotopic (exact) mass is 238 g/mol. The maximum Gasteiger partial charge on any atom is 0.312 e. The van der Waals surface area contributed by atoms with E-state index in [2.05, 4.69) is 4.98 Å². The van der Waals surface area contributed by atoms with Gasteiger partial charge in [0, 0.05) is 12.4 Å². The number of nitrogens with zero attached hydrogens (tertiary/aromatic N) is 2. The highest BCUT2D eigenvalue weighted by molar-refractivity contribution is 6.30. The van der Waals surface area contributed by atoms with Crippen molar-refractivity contribution in [2.45, 2.75) is 19.3 Å². The molecule has 1 atom stereocenters. The number of aromatic nitrogens is 2. The largest absolute Gasteiger partial charge is 0.481 e. The first-order chi connectivity index (χ1) is 7.61. The minimum atomic E-state index is -0.850. The minimum absolute atomic E-state index is 0.521. The van der Waals surface area contributed by atoms with Crippen LogP contribution in [0.15, 0.2) is 24.5 Å². The normalized spacial score (nSPS) is 12.9. The molecular weight excluding hydrogens is 228 g/mol. The Labute approximate surface area is 97.5 Å². The first-order valence-corrected chi connectivity index (χ1v) is 5.36. The molecule has 0 saturated carbocycles. The predicted octanol–water partition coefficient (Wildman–Crippen LogP) is 2.57. The Bertz CT molecular complexity index is 536. The van der Waals surface area contributed by atoms with Crippen molar-refractivity contribution in [1.82, 2.24) is 9.38 Å². The van der Waals surface area contributed by atoms with Crippen LogP contribution in [0.3, 0.4) is 0 Å². The van der Waals surface area contributed by atoms with E-state index in [0.717, 1.165) is 0 Å². The lowest BCUT2D eigenvalue weighted by molar-refractivity contribution is -0.138. The van der Waals surface area contributed by atoms with Crippen LogP contribution in [-0.4, -0.2) is 20.5 Å². The summed E-state index contributed by atoms with van der Waals surface area (Å²) in [5.74, 6) is -1.41. The highest BCUT2D eigenvalue weighted by Gasteiger charge is 2.20. The summed E-state index contributed by atoms with van der Waals surface area (Å²) < 4.78 is 1.74. The zero-order chi connectivity index (χ0) is 11.7. The van der Waals surface area contributed by atoms with Crippen molar-refractivity contribution in [3.8, 4) is 0 Å². The summed E-state index contributed by atoms with van der Waals surface area (Å²) in [6.07, 6.45) is 3.94. The summed E-state index contributed by atoms with van der Waals surface area (Å²) in [5.41, 5.74) is 1.27. The average Bonchev–Trinajstić information content (AvgIpc) is 2.60. The van der Waals surface area contributed by atoms with E-state index >= 15 is 0 Å². The molecule has 0 aliphatic rings. The highest BCUT2D eigenvalue weighted by Crippen LogP contribution is 2.20. The van der Waals surface area contributed by atoms with Gasteiger partial charge in [-0.3, -0.25) is 4.79 Å². The first-order valence-electron chi connectivity index (χ1n) is 4.98. The summed E-state index contributed by atoms with van der Waals surface area (Å²) in [5, 5.41) is 9.63. The lowest BCUT2D eigenvalue weighted by Gasteiger charge is -2.04. The van der Waals surface area contributed by atoms with E-state index in [9.17, 15) is 4.79 Å². The number of pyridine rings is 1. The quantitative estimate of drug-likeness (QED) is 0.894. The Morgan fingerprint density at radius 2 is 2.31 bits per heavy atom. The second-order valence-electron chi connectivity index (χ2n) is 3.58. The maximum atomic E-state index is 11.0. The van der Waals surface area contributed by atoms with Crippen LogP contribution in [0.1, 0.15) is 25.0 Å². The molecule has 0 spiro atoms. The van der Waals surface area contributed by atoms with Gasteiger partial charge < -0.3 is 9.51 Å². The van der Waals surface area contributed by atoms with Crippen molar-refractivity contribution in [3.05, 3.63) is 35.2 Å². The molecule has 5 heteroatoms. The van der Waals surface area contributed by atoms with Crippen molar-refractivity contribution < 1.29 is 9.90 Å². The third-order valence-electron chi connectivity index (χ3n) is 2.50. The van der Waals surface area contributed by atoms with Gasteiger partial charge in [-0.1, -0.05) is 18.5 Å². The van der Waals surface area contributed by atoms with Gasteiger partial charge in [-0.05, 0) is 18.6 Å². The third kappa shape index (κ3) is 1.88. The second kappa shape index (κ2) is 4.14. The molecule has 2 aromatic heterocycles. The summed E-state index contributed by atoms with van der Waals surface area (Å²) >= 11 is 5.84. The molecular formula is C11H11ClN2O2. The van der Waals surface area contributed by atoms with E-state index in [1.807, 2.05) is 6.92 Å². The number of fused-ring (bicyclic) bond motifs is 1. The van der Waals surface area contributed by atoms with Crippen molar-refractivity contribution in [3.63, 3.8) is 0 Å². The molecule has 2 rings (SSSR count). The lowest BCUT2D eigenvalue weighted by atomic mass is 10.0. The molecule has 0 fully saturated rings. The van der Waals surface area contributed by atoms with Gasteiger partial charge in [0.1, 0.15) is 11.6 Å². The number of rotatable bonds is 3. The SMILES string of the molecule is CCC(C(=O)O)c1cn2cc(Cl)ccc2n1. The molecule has 1 N–H and O–H groups in total. The van der Waals surface area contributed by atoms with Gasteiger partial charge in [0.25, 0.3) is 0 Å². The molecule has 0 amide bonds. The average molecular weight is 239 g/mol. The molecule has 2 heterocycles. The van der Waals surface area contributed by atoms with Crippen molar-refractivity contribution in [2.75, 3.05) is 0 Å². The molecule has 1 unspecified atom stereocenters. The zero-order valence-corrected chi connectivity index (χ0v) is 9.48. The van der Waals surface area contributed by atoms with Gasteiger partial charge in [-0.25, -0.2) is 4.98 Å². The molecule has 0 aliphatic carbocycles. The highest BCUT2D eigenvalue weighted by atomic mass is 35.5. The van der Waals surface area contributed by atoms with Crippen molar-refractivity contribution in [1.29, 1.82) is 0 Å². The van der Waals surface area contributed by atoms with Gasteiger partial charge in [0.2, 0.25) is 0 Å². The number of aliphatic carboxylic acids is 1. The van der Waals surface area contributed by atoms with E-state index in [-0.39, 0.29) is 0 Å². The van der Waals surface area contributed by atoms with E-state index in [4.69, 9.17) is 16.7 Å². The Morgan fingerprint density at radius 3 is 2.94 bits per heavy atom. The van der Waals surface area contributed by atoms with E-state index in [1.54, 1.807) is 28.9 Å². The maximum absolute atomic E-state index is 11.0. The number of carbonyl (C=O) groups is 1. The van der Waals surface area contributed by atoms with Gasteiger partial charge in [-0.15, -0.1) is 0 Å². The minimum Gasteiger partial charge on any atom is -0.481 e. The topological polar surface area (TPSA) is 54.6 Å².